The molecule has 3 rings (SSSR count). The Morgan fingerprint density at radius 2 is 1.63 bits per heavy atom. The number of nitrogens with zero attached hydrogens (tertiary/aromatic N) is 2. The molecular weight excluding hydrogens is 378 g/mol. The van der Waals surface area contributed by atoms with Gasteiger partial charge in [-0.05, 0) is 36.6 Å². The second kappa shape index (κ2) is 10.2. The van der Waals surface area contributed by atoms with Gasteiger partial charge in [-0.2, -0.15) is 0 Å². The number of hydrogen-bond donors (Lipinski definition) is 2. The van der Waals surface area contributed by atoms with Crippen molar-refractivity contribution in [2.24, 2.45) is 0 Å². The lowest BCUT2D eigenvalue weighted by molar-refractivity contribution is -0.138. The largest absolute Gasteiger partial charge is 0.334 e. The van der Waals surface area contributed by atoms with Crippen LogP contribution in [-0.2, 0) is 22.6 Å². The molecule has 0 radical (unpaired) electrons. The number of benzene rings is 2. The molecule has 0 aromatic heterocycles. The van der Waals surface area contributed by atoms with Crippen molar-refractivity contribution in [3.63, 3.8) is 0 Å². The summed E-state index contributed by atoms with van der Waals surface area (Å²) in [4.78, 5) is 28.4. The van der Waals surface area contributed by atoms with Gasteiger partial charge in [-0.25, -0.2) is 5.48 Å². The first kappa shape index (κ1) is 21.7. The number of amides is 2. The van der Waals surface area contributed by atoms with Crippen LogP contribution in [0.3, 0.4) is 0 Å². The summed E-state index contributed by atoms with van der Waals surface area (Å²) >= 11 is 0. The van der Waals surface area contributed by atoms with E-state index in [0.29, 0.717) is 6.42 Å². The molecule has 1 saturated heterocycles. The Kier molecular flexibility index (Phi) is 7.38. The van der Waals surface area contributed by atoms with Gasteiger partial charge in [0, 0.05) is 37.8 Å². The van der Waals surface area contributed by atoms with E-state index < -0.39 is 5.91 Å². The van der Waals surface area contributed by atoms with Crippen LogP contribution >= 0.6 is 0 Å². The van der Waals surface area contributed by atoms with Gasteiger partial charge >= 0.3 is 0 Å². The molecule has 30 heavy (non-hydrogen) atoms. The first-order valence-corrected chi connectivity index (χ1v) is 10.2. The molecule has 2 aromatic rings. The third-order valence-electron chi connectivity index (χ3n) is 5.40. The van der Waals surface area contributed by atoms with E-state index in [1.54, 1.807) is 11.6 Å². The molecule has 1 aliphatic heterocycles. The second-order valence-electron chi connectivity index (χ2n) is 7.91. The van der Waals surface area contributed by atoms with Crippen molar-refractivity contribution in [3.8, 4) is 0 Å². The van der Waals surface area contributed by atoms with Crippen LogP contribution in [0.4, 0.5) is 0 Å². The molecule has 0 spiro atoms. The second-order valence-corrected chi connectivity index (χ2v) is 7.91. The van der Waals surface area contributed by atoms with Gasteiger partial charge in [-0.3, -0.25) is 19.7 Å². The van der Waals surface area contributed by atoms with E-state index in [-0.39, 0.29) is 18.0 Å². The summed E-state index contributed by atoms with van der Waals surface area (Å²) in [5.41, 5.74) is 4.70. The molecule has 1 heterocycles. The van der Waals surface area contributed by atoms with Crippen LogP contribution < -0.4 is 5.48 Å². The average Bonchev–Trinajstić information content (AvgIpc) is 2.73. The lowest BCUT2D eigenvalue weighted by Crippen LogP contribution is -2.58. The van der Waals surface area contributed by atoms with Crippen molar-refractivity contribution in [1.29, 1.82) is 0 Å². The minimum atomic E-state index is -0.554. The molecule has 2 unspecified atom stereocenters. The van der Waals surface area contributed by atoms with Crippen molar-refractivity contribution in [2.45, 2.75) is 38.9 Å². The van der Waals surface area contributed by atoms with Gasteiger partial charge in [0.25, 0.3) is 5.91 Å². The molecule has 1 fully saturated rings. The Labute approximate surface area is 177 Å². The Bertz CT molecular complexity index is 868. The maximum atomic E-state index is 12.9. The molecule has 0 saturated carbocycles. The van der Waals surface area contributed by atoms with Gasteiger partial charge in [0.15, 0.2) is 0 Å². The Morgan fingerprint density at radius 1 is 1.00 bits per heavy atom. The predicted octanol–water partition coefficient (Wildman–Crippen LogP) is 2.87. The van der Waals surface area contributed by atoms with E-state index in [4.69, 9.17) is 5.21 Å². The highest BCUT2D eigenvalue weighted by Crippen LogP contribution is 2.20. The highest BCUT2D eigenvalue weighted by molar-refractivity contribution is 5.90. The minimum absolute atomic E-state index is 0.157. The van der Waals surface area contributed by atoms with E-state index in [1.165, 1.54) is 11.6 Å². The number of piperazine rings is 1. The monoisotopic (exact) mass is 407 g/mol. The van der Waals surface area contributed by atoms with Gasteiger partial charge in [0.2, 0.25) is 5.91 Å². The van der Waals surface area contributed by atoms with Crippen LogP contribution in [0, 0.1) is 0 Å². The SMILES string of the molecule is CC1CN(Cc2ccc(/C=C/C(=O)NO)cc2)CC(C)N1C(=O)Cc1ccccc1. The Balaban J connectivity index is 1.57. The van der Waals surface area contributed by atoms with Gasteiger partial charge in [0.1, 0.15) is 0 Å². The number of carbonyl (C=O) groups is 2. The van der Waals surface area contributed by atoms with Crippen LogP contribution in [0.25, 0.3) is 6.08 Å². The zero-order chi connectivity index (χ0) is 21.5. The lowest BCUT2D eigenvalue weighted by Gasteiger charge is -2.44. The lowest BCUT2D eigenvalue weighted by atomic mass is 10.0. The first-order valence-electron chi connectivity index (χ1n) is 10.2. The fourth-order valence-corrected chi connectivity index (χ4v) is 4.12. The number of rotatable bonds is 6. The van der Waals surface area contributed by atoms with Crippen LogP contribution in [0.5, 0.6) is 0 Å². The zero-order valence-electron chi connectivity index (χ0n) is 17.5. The highest BCUT2D eigenvalue weighted by atomic mass is 16.5. The quantitative estimate of drug-likeness (QED) is 0.439. The van der Waals surface area contributed by atoms with Gasteiger partial charge < -0.3 is 4.90 Å². The fourth-order valence-electron chi connectivity index (χ4n) is 4.12. The normalized spacial score (nSPS) is 19.8. The zero-order valence-corrected chi connectivity index (χ0v) is 17.5. The summed E-state index contributed by atoms with van der Waals surface area (Å²) in [6.45, 7) is 6.72. The van der Waals surface area contributed by atoms with E-state index in [2.05, 4.69) is 18.7 Å². The molecule has 158 valence electrons. The van der Waals surface area contributed by atoms with Crippen LogP contribution in [0.2, 0.25) is 0 Å². The Morgan fingerprint density at radius 3 is 2.23 bits per heavy atom. The highest BCUT2D eigenvalue weighted by Gasteiger charge is 2.32. The molecule has 2 amide bonds. The molecule has 0 bridgehead atoms. The summed E-state index contributed by atoms with van der Waals surface area (Å²) in [6.07, 6.45) is 3.37. The summed E-state index contributed by atoms with van der Waals surface area (Å²) in [5, 5.41) is 8.53. The van der Waals surface area contributed by atoms with E-state index in [9.17, 15) is 9.59 Å². The molecule has 2 N–H and O–H groups in total. The van der Waals surface area contributed by atoms with E-state index >= 15 is 0 Å². The van der Waals surface area contributed by atoms with Gasteiger partial charge in [0.05, 0.1) is 6.42 Å². The average molecular weight is 408 g/mol. The third-order valence-corrected chi connectivity index (χ3v) is 5.40. The van der Waals surface area contributed by atoms with E-state index in [0.717, 1.165) is 30.8 Å². The first-order chi connectivity index (χ1) is 14.5. The number of hydroxylamine groups is 1. The maximum absolute atomic E-state index is 12.9. The summed E-state index contributed by atoms with van der Waals surface area (Å²) in [6, 6.07) is 18.2. The molecule has 6 nitrogen and oxygen atoms in total. The van der Waals surface area contributed by atoms with Crippen molar-refractivity contribution >= 4 is 17.9 Å². The molecule has 1 aliphatic rings. The summed E-state index contributed by atoms with van der Waals surface area (Å²) in [7, 11) is 0. The number of hydrogen-bond acceptors (Lipinski definition) is 4. The smallest absolute Gasteiger partial charge is 0.267 e. The topological polar surface area (TPSA) is 72.9 Å². The fraction of sp³-hybridized carbons (Fsp3) is 0.333. The number of carbonyl (C=O) groups excluding carboxylic acids is 2. The van der Waals surface area contributed by atoms with Crippen molar-refractivity contribution < 1.29 is 14.8 Å². The summed E-state index contributed by atoms with van der Waals surface area (Å²) in [5.74, 6) is -0.370. The van der Waals surface area contributed by atoms with Crippen molar-refractivity contribution in [3.05, 3.63) is 77.4 Å². The Hall–Kier alpha value is -2.96. The molecule has 6 heteroatoms. The molecule has 0 aliphatic carbocycles. The molecular formula is C24H29N3O3. The van der Waals surface area contributed by atoms with Gasteiger partial charge in [-0.15, -0.1) is 0 Å². The molecule has 2 atom stereocenters. The predicted molar refractivity (Wildman–Crippen MR) is 117 cm³/mol. The number of nitrogens with one attached hydrogen (secondary N) is 1. The van der Waals surface area contributed by atoms with Crippen LogP contribution in [0.1, 0.15) is 30.5 Å². The standard InChI is InChI=1S/C24H29N3O3/c1-18-15-26(17-22-10-8-20(9-11-22)12-13-23(28)25-30)16-19(2)27(18)24(29)14-21-6-4-3-5-7-21/h3-13,18-19,30H,14-17H2,1-2H3,(H,25,28)/b13-12+. The van der Waals surface area contributed by atoms with Crippen LogP contribution in [0.15, 0.2) is 60.7 Å². The van der Waals surface area contributed by atoms with Gasteiger partial charge in [-0.1, -0.05) is 54.6 Å². The summed E-state index contributed by atoms with van der Waals surface area (Å²) < 4.78 is 0. The van der Waals surface area contributed by atoms with Crippen molar-refractivity contribution in [2.75, 3.05) is 13.1 Å². The minimum Gasteiger partial charge on any atom is -0.334 e. The van der Waals surface area contributed by atoms with E-state index in [1.807, 2.05) is 59.5 Å². The maximum Gasteiger partial charge on any atom is 0.267 e. The molecule has 2 aromatic carbocycles. The third kappa shape index (κ3) is 5.78. The van der Waals surface area contributed by atoms with Crippen molar-refractivity contribution in [1.82, 2.24) is 15.3 Å². The van der Waals surface area contributed by atoms with Crippen LogP contribution in [-0.4, -0.2) is 52.0 Å².